The van der Waals surface area contributed by atoms with Crippen LogP contribution < -0.4 is 10.1 Å². The zero-order valence-electron chi connectivity index (χ0n) is 13.5. The zero-order valence-corrected chi connectivity index (χ0v) is 13.5. The van der Waals surface area contributed by atoms with Crippen LogP contribution in [0.1, 0.15) is 16.8 Å². The highest BCUT2D eigenvalue weighted by atomic mass is 19.1. The molecule has 0 aliphatic carbocycles. The van der Waals surface area contributed by atoms with Crippen LogP contribution in [0.15, 0.2) is 54.7 Å². The molecule has 0 saturated carbocycles. The Bertz CT molecular complexity index is 919. The number of hydrogen-bond donors (Lipinski definition) is 1. The number of hydrogen-bond acceptors (Lipinski definition) is 5. The van der Waals surface area contributed by atoms with Gasteiger partial charge in [-0.1, -0.05) is 18.2 Å². The van der Waals surface area contributed by atoms with E-state index in [0.29, 0.717) is 29.7 Å². The number of nitrogens with one attached hydrogen (secondary N) is 1. The molecule has 0 saturated heterocycles. The Hall–Kier alpha value is -3.46. The van der Waals surface area contributed by atoms with Crippen molar-refractivity contribution in [1.82, 2.24) is 9.97 Å². The van der Waals surface area contributed by atoms with Crippen molar-refractivity contribution in [3.63, 3.8) is 0 Å². The smallest absolute Gasteiger partial charge is 0.219 e. The Morgan fingerprint density at radius 2 is 2.08 bits per heavy atom. The van der Waals surface area contributed by atoms with E-state index in [0.717, 1.165) is 11.1 Å². The van der Waals surface area contributed by atoms with E-state index in [-0.39, 0.29) is 5.82 Å². The van der Waals surface area contributed by atoms with Gasteiger partial charge < -0.3 is 10.1 Å². The van der Waals surface area contributed by atoms with E-state index in [2.05, 4.69) is 21.4 Å². The van der Waals surface area contributed by atoms with Gasteiger partial charge in [-0.3, -0.25) is 0 Å². The van der Waals surface area contributed by atoms with Crippen molar-refractivity contribution in [3.05, 3.63) is 77.4 Å². The summed E-state index contributed by atoms with van der Waals surface area (Å²) in [5, 5.41) is 12.2. The van der Waals surface area contributed by atoms with Crippen LogP contribution in [0.5, 0.6) is 11.6 Å². The van der Waals surface area contributed by atoms with Gasteiger partial charge in [-0.15, -0.1) is 0 Å². The van der Waals surface area contributed by atoms with Gasteiger partial charge in [0.25, 0.3) is 0 Å². The average molecular weight is 334 g/mol. The van der Waals surface area contributed by atoms with E-state index in [1.807, 2.05) is 25.1 Å². The molecular formula is C19H15FN4O. The molecule has 5 nitrogen and oxygen atoms in total. The number of nitriles is 1. The SMILES string of the molecule is Cc1ccc(NCc2ccc(Oc3cccc(F)c3)nc2)nc1C#N. The van der Waals surface area contributed by atoms with Crippen molar-refractivity contribution in [2.45, 2.75) is 13.5 Å². The number of aryl methyl sites for hydroxylation is 1. The maximum absolute atomic E-state index is 13.1. The molecule has 25 heavy (non-hydrogen) atoms. The van der Waals surface area contributed by atoms with Crippen molar-refractivity contribution < 1.29 is 9.13 Å². The third-order valence-electron chi connectivity index (χ3n) is 3.49. The predicted octanol–water partition coefficient (Wildman–Crippen LogP) is 4.20. The largest absolute Gasteiger partial charge is 0.439 e. The first-order chi connectivity index (χ1) is 12.1. The number of anilines is 1. The van der Waals surface area contributed by atoms with E-state index in [4.69, 9.17) is 10.00 Å². The van der Waals surface area contributed by atoms with Gasteiger partial charge >= 0.3 is 0 Å². The third-order valence-corrected chi connectivity index (χ3v) is 3.49. The first kappa shape index (κ1) is 16.4. The number of aromatic nitrogens is 2. The van der Waals surface area contributed by atoms with Gasteiger partial charge in [0, 0.05) is 24.9 Å². The lowest BCUT2D eigenvalue weighted by Crippen LogP contribution is -2.03. The standard InChI is InChI=1S/C19H15FN4O/c1-13-5-7-18(24-17(13)10-21)22-11-14-6-8-19(23-12-14)25-16-4-2-3-15(20)9-16/h2-9,12H,11H2,1H3,(H,22,24). The second-order valence-electron chi connectivity index (χ2n) is 5.39. The number of benzene rings is 1. The molecule has 3 rings (SSSR count). The van der Waals surface area contributed by atoms with Gasteiger partial charge in [0.2, 0.25) is 5.88 Å². The summed E-state index contributed by atoms with van der Waals surface area (Å²) in [6.45, 7) is 2.35. The molecule has 0 aliphatic rings. The first-order valence-corrected chi connectivity index (χ1v) is 7.64. The van der Waals surface area contributed by atoms with Crippen LogP contribution in [0, 0.1) is 24.1 Å². The second-order valence-corrected chi connectivity index (χ2v) is 5.39. The van der Waals surface area contributed by atoms with Gasteiger partial charge in [-0.25, -0.2) is 14.4 Å². The Kier molecular flexibility index (Phi) is 4.86. The molecular weight excluding hydrogens is 319 g/mol. The molecule has 0 aliphatic heterocycles. The van der Waals surface area contributed by atoms with Gasteiger partial charge in [-0.2, -0.15) is 5.26 Å². The summed E-state index contributed by atoms with van der Waals surface area (Å²) in [7, 11) is 0. The lowest BCUT2D eigenvalue weighted by Gasteiger charge is -2.08. The van der Waals surface area contributed by atoms with Crippen LogP contribution in [-0.4, -0.2) is 9.97 Å². The highest BCUT2D eigenvalue weighted by molar-refractivity contribution is 5.43. The molecule has 0 atom stereocenters. The van der Waals surface area contributed by atoms with Crippen LogP contribution in [0.2, 0.25) is 0 Å². The highest BCUT2D eigenvalue weighted by Crippen LogP contribution is 2.20. The second kappa shape index (κ2) is 7.41. The summed E-state index contributed by atoms with van der Waals surface area (Å²) in [5.41, 5.74) is 2.17. The summed E-state index contributed by atoms with van der Waals surface area (Å²) in [6, 6.07) is 15.2. The number of pyridine rings is 2. The molecule has 0 spiro atoms. The Morgan fingerprint density at radius 1 is 1.20 bits per heavy atom. The number of nitrogens with zero attached hydrogens (tertiary/aromatic N) is 3. The van der Waals surface area contributed by atoms with Crippen molar-refractivity contribution in [1.29, 1.82) is 5.26 Å². The van der Waals surface area contributed by atoms with E-state index in [1.165, 1.54) is 12.1 Å². The number of rotatable bonds is 5. The summed E-state index contributed by atoms with van der Waals surface area (Å²) in [5.74, 6) is 1.05. The Morgan fingerprint density at radius 3 is 2.80 bits per heavy atom. The van der Waals surface area contributed by atoms with Crippen molar-refractivity contribution in [3.8, 4) is 17.7 Å². The number of ether oxygens (including phenoxy) is 1. The summed E-state index contributed by atoms with van der Waals surface area (Å²) in [6.07, 6.45) is 1.67. The molecule has 1 N–H and O–H groups in total. The molecule has 0 bridgehead atoms. The Balaban J connectivity index is 1.62. The molecule has 2 aromatic heterocycles. The zero-order chi connectivity index (χ0) is 17.6. The van der Waals surface area contributed by atoms with E-state index >= 15 is 0 Å². The molecule has 0 fully saturated rings. The monoisotopic (exact) mass is 334 g/mol. The normalized spacial score (nSPS) is 10.1. The summed E-state index contributed by atoms with van der Waals surface area (Å²) >= 11 is 0. The van der Waals surface area contributed by atoms with Crippen molar-refractivity contribution >= 4 is 5.82 Å². The molecule has 2 heterocycles. The molecule has 124 valence electrons. The van der Waals surface area contributed by atoms with E-state index in [1.54, 1.807) is 24.4 Å². The van der Waals surface area contributed by atoms with Gasteiger partial charge in [-0.05, 0) is 36.2 Å². The van der Waals surface area contributed by atoms with Crippen LogP contribution in [0.4, 0.5) is 10.2 Å². The lowest BCUT2D eigenvalue weighted by atomic mass is 10.2. The Labute approximate surface area is 144 Å². The van der Waals surface area contributed by atoms with E-state index in [9.17, 15) is 4.39 Å². The first-order valence-electron chi connectivity index (χ1n) is 7.64. The molecule has 0 radical (unpaired) electrons. The third kappa shape index (κ3) is 4.30. The quantitative estimate of drug-likeness (QED) is 0.757. The predicted molar refractivity (Wildman–Crippen MR) is 91.7 cm³/mol. The summed E-state index contributed by atoms with van der Waals surface area (Å²) in [4.78, 5) is 8.44. The van der Waals surface area contributed by atoms with Gasteiger partial charge in [0.05, 0.1) is 0 Å². The molecule has 6 heteroatoms. The molecule has 3 aromatic rings. The van der Waals surface area contributed by atoms with Crippen molar-refractivity contribution in [2.75, 3.05) is 5.32 Å². The molecule has 0 unspecified atom stereocenters. The van der Waals surface area contributed by atoms with Crippen molar-refractivity contribution in [2.24, 2.45) is 0 Å². The highest BCUT2D eigenvalue weighted by Gasteiger charge is 2.03. The minimum atomic E-state index is -0.361. The van der Waals surface area contributed by atoms with Gasteiger partial charge in [0.15, 0.2) is 0 Å². The average Bonchev–Trinajstić information content (AvgIpc) is 2.62. The van der Waals surface area contributed by atoms with Crippen LogP contribution in [0.25, 0.3) is 0 Å². The number of halogens is 1. The molecule has 1 aromatic carbocycles. The fourth-order valence-electron chi connectivity index (χ4n) is 2.16. The fourth-order valence-corrected chi connectivity index (χ4v) is 2.16. The minimum Gasteiger partial charge on any atom is -0.439 e. The minimum absolute atomic E-state index is 0.361. The lowest BCUT2D eigenvalue weighted by molar-refractivity contribution is 0.458. The summed E-state index contributed by atoms with van der Waals surface area (Å²) < 4.78 is 18.6. The van der Waals surface area contributed by atoms with Gasteiger partial charge in [0.1, 0.15) is 29.1 Å². The fraction of sp³-hybridized carbons (Fsp3) is 0.105. The maximum atomic E-state index is 13.1. The van der Waals surface area contributed by atoms with E-state index < -0.39 is 0 Å². The maximum Gasteiger partial charge on any atom is 0.219 e. The topological polar surface area (TPSA) is 70.8 Å². The van der Waals surface area contributed by atoms with Crippen LogP contribution >= 0.6 is 0 Å². The van der Waals surface area contributed by atoms with Crippen LogP contribution in [0.3, 0.4) is 0 Å². The van der Waals surface area contributed by atoms with Crippen LogP contribution in [-0.2, 0) is 6.54 Å². The molecule has 0 amide bonds.